The molecule has 0 aromatic heterocycles. The Labute approximate surface area is 189 Å². The normalized spacial score (nSPS) is 25.6. The van der Waals surface area contributed by atoms with E-state index in [0.717, 1.165) is 25.6 Å². The minimum atomic E-state index is -4.97. The van der Waals surface area contributed by atoms with Gasteiger partial charge in [0.25, 0.3) is 0 Å². The lowest BCUT2D eigenvalue weighted by Crippen LogP contribution is -2.62. The van der Waals surface area contributed by atoms with Crippen LogP contribution in [0.5, 0.6) is 0 Å². The van der Waals surface area contributed by atoms with Crippen LogP contribution >= 0.6 is 27.7 Å². The van der Waals surface area contributed by atoms with Crippen molar-refractivity contribution in [2.45, 2.75) is 49.7 Å². The number of hydrogen-bond donors (Lipinski definition) is 3. The fraction of sp³-hybridized carbons (Fsp3) is 0.500. The second-order valence-corrected chi connectivity index (χ2v) is 9.54. The summed E-state index contributed by atoms with van der Waals surface area (Å²) in [6, 6.07) is 2.17. The van der Waals surface area contributed by atoms with Crippen LogP contribution in [0.25, 0.3) is 0 Å². The Morgan fingerprint density at radius 3 is 2.42 bits per heavy atom. The van der Waals surface area contributed by atoms with E-state index in [1.54, 1.807) is 0 Å². The van der Waals surface area contributed by atoms with Crippen molar-refractivity contribution in [3.63, 3.8) is 0 Å². The third kappa shape index (κ3) is 6.60. The monoisotopic (exact) mass is 524 g/mol. The van der Waals surface area contributed by atoms with Gasteiger partial charge in [-0.3, -0.25) is 10.1 Å². The first-order chi connectivity index (χ1) is 14.2. The maximum absolute atomic E-state index is 14.5. The SMILES string of the molecule is CC(C)(F)C[C@@H]1N[C@@](c2ccc(Br)cc2)(C(F)(F)F)C#CCSC[C@@H](C(=O)O)NC1=O. The zero-order valence-corrected chi connectivity index (χ0v) is 19.0. The summed E-state index contributed by atoms with van der Waals surface area (Å²) in [5.74, 6) is 2.08. The van der Waals surface area contributed by atoms with Crippen LogP contribution in [0.15, 0.2) is 28.7 Å². The molecule has 1 heterocycles. The number of halogens is 5. The Hall–Kier alpha value is -1.77. The van der Waals surface area contributed by atoms with Crippen LogP contribution in [0.4, 0.5) is 17.6 Å². The highest BCUT2D eigenvalue weighted by Crippen LogP contribution is 2.40. The van der Waals surface area contributed by atoms with Crippen LogP contribution in [0, 0.1) is 11.8 Å². The Balaban J connectivity index is 2.65. The van der Waals surface area contributed by atoms with Gasteiger partial charge in [-0.05, 0) is 31.5 Å². The molecule has 0 fully saturated rings. The number of benzene rings is 1. The van der Waals surface area contributed by atoms with Crippen molar-refractivity contribution in [1.29, 1.82) is 0 Å². The summed E-state index contributed by atoms with van der Waals surface area (Å²) in [6.07, 6.45) is -5.61. The first kappa shape index (κ1) is 25.5. The predicted octanol–water partition coefficient (Wildman–Crippen LogP) is 3.62. The molecule has 0 spiro atoms. The lowest BCUT2D eigenvalue weighted by atomic mass is 9.87. The third-order valence-electron chi connectivity index (χ3n) is 4.45. The van der Waals surface area contributed by atoms with E-state index in [2.05, 4.69) is 38.4 Å². The van der Waals surface area contributed by atoms with Gasteiger partial charge in [0, 0.05) is 16.6 Å². The van der Waals surface area contributed by atoms with Gasteiger partial charge in [-0.15, -0.1) is 11.8 Å². The summed E-state index contributed by atoms with van der Waals surface area (Å²) in [5, 5.41) is 13.8. The molecule has 1 aromatic carbocycles. The zero-order valence-electron chi connectivity index (χ0n) is 16.6. The molecule has 2 rings (SSSR count). The van der Waals surface area contributed by atoms with Crippen molar-refractivity contribution in [3.8, 4) is 11.8 Å². The smallest absolute Gasteiger partial charge is 0.422 e. The average Bonchev–Trinajstić information content (AvgIpc) is 2.65. The quantitative estimate of drug-likeness (QED) is 0.414. The molecule has 3 N–H and O–H groups in total. The van der Waals surface area contributed by atoms with Gasteiger partial charge in [0.1, 0.15) is 11.7 Å². The number of carbonyl (C=O) groups excluding carboxylic acids is 1. The van der Waals surface area contributed by atoms with Crippen LogP contribution in [-0.2, 0) is 15.1 Å². The number of alkyl halides is 4. The Morgan fingerprint density at radius 1 is 1.29 bits per heavy atom. The van der Waals surface area contributed by atoms with E-state index in [-0.39, 0.29) is 17.1 Å². The number of carboxylic acids is 1. The fourth-order valence-corrected chi connectivity index (χ4v) is 4.03. The number of rotatable bonds is 4. The molecule has 0 saturated carbocycles. The van der Waals surface area contributed by atoms with E-state index >= 15 is 0 Å². The number of hydrogen-bond acceptors (Lipinski definition) is 4. The topological polar surface area (TPSA) is 78.4 Å². The molecular weight excluding hydrogens is 504 g/mol. The molecule has 1 aromatic rings. The second kappa shape index (κ2) is 9.79. The number of carbonyl (C=O) groups is 2. The molecule has 170 valence electrons. The average molecular weight is 525 g/mol. The first-order valence-electron chi connectivity index (χ1n) is 9.15. The van der Waals surface area contributed by atoms with Crippen LogP contribution < -0.4 is 10.6 Å². The fourth-order valence-electron chi connectivity index (χ4n) is 3.01. The molecule has 0 bridgehead atoms. The first-order valence-corrected chi connectivity index (χ1v) is 11.1. The highest BCUT2D eigenvalue weighted by atomic mass is 79.9. The zero-order chi connectivity index (χ0) is 23.4. The summed E-state index contributed by atoms with van der Waals surface area (Å²) in [6.45, 7) is 2.25. The summed E-state index contributed by atoms with van der Waals surface area (Å²) < 4.78 is 58.4. The molecule has 5 nitrogen and oxygen atoms in total. The van der Waals surface area contributed by atoms with E-state index in [1.807, 2.05) is 0 Å². The maximum atomic E-state index is 14.5. The molecule has 0 unspecified atom stereocenters. The third-order valence-corrected chi connectivity index (χ3v) is 5.89. The number of carboxylic acid groups (broad SMARTS) is 1. The number of amides is 1. The molecule has 1 amide bonds. The lowest BCUT2D eigenvalue weighted by Gasteiger charge is -2.37. The second-order valence-electron chi connectivity index (χ2n) is 7.59. The van der Waals surface area contributed by atoms with E-state index < -0.39 is 47.8 Å². The van der Waals surface area contributed by atoms with Gasteiger partial charge in [0.2, 0.25) is 11.4 Å². The number of nitrogens with one attached hydrogen (secondary N) is 2. The number of thioether (sulfide) groups is 1. The Kier molecular flexibility index (Phi) is 8.05. The number of aliphatic carboxylic acids is 1. The van der Waals surface area contributed by atoms with E-state index in [1.165, 1.54) is 24.3 Å². The molecule has 1 aliphatic heterocycles. The minimum Gasteiger partial charge on any atom is -0.480 e. The highest BCUT2D eigenvalue weighted by Gasteiger charge is 2.57. The van der Waals surface area contributed by atoms with E-state index in [9.17, 15) is 32.3 Å². The Morgan fingerprint density at radius 2 is 1.90 bits per heavy atom. The largest absolute Gasteiger partial charge is 0.480 e. The summed E-state index contributed by atoms with van der Waals surface area (Å²) in [5.41, 5.74) is -5.26. The predicted molar refractivity (Wildman–Crippen MR) is 113 cm³/mol. The molecule has 31 heavy (non-hydrogen) atoms. The van der Waals surface area contributed by atoms with E-state index in [4.69, 9.17) is 0 Å². The van der Waals surface area contributed by atoms with Crippen molar-refractivity contribution in [3.05, 3.63) is 34.3 Å². The highest BCUT2D eigenvalue weighted by molar-refractivity contribution is 9.10. The van der Waals surface area contributed by atoms with Crippen molar-refractivity contribution in [1.82, 2.24) is 10.6 Å². The van der Waals surface area contributed by atoms with Gasteiger partial charge in [-0.25, -0.2) is 9.18 Å². The molecule has 3 atom stereocenters. The van der Waals surface area contributed by atoms with Gasteiger partial charge in [0.15, 0.2) is 0 Å². The van der Waals surface area contributed by atoms with Gasteiger partial charge < -0.3 is 10.4 Å². The van der Waals surface area contributed by atoms with Crippen LogP contribution in [0.3, 0.4) is 0 Å². The minimum absolute atomic E-state index is 0.0883. The van der Waals surface area contributed by atoms with E-state index in [0.29, 0.717) is 4.47 Å². The van der Waals surface area contributed by atoms with Crippen molar-refractivity contribution >= 4 is 39.6 Å². The Bertz CT molecular complexity index is 878. The molecule has 0 saturated heterocycles. The molecule has 0 aliphatic carbocycles. The van der Waals surface area contributed by atoms with Crippen LogP contribution in [0.2, 0.25) is 0 Å². The van der Waals surface area contributed by atoms with Crippen molar-refractivity contribution in [2.75, 3.05) is 11.5 Å². The summed E-state index contributed by atoms with van der Waals surface area (Å²) >= 11 is 4.15. The molecule has 0 radical (unpaired) electrons. The van der Waals surface area contributed by atoms with Crippen molar-refractivity contribution < 1.29 is 32.3 Å². The molecule has 1 aliphatic rings. The summed E-state index contributed by atoms with van der Waals surface area (Å²) in [7, 11) is 0. The summed E-state index contributed by atoms with van der Waals surface area (Å²) in [4.78, 5) is 24.2. The van der Waals surface area contributed by atoms with Gasteiger partial charge in [0.05, 0.1) is 11.8 Å². The van der Waals surface area contributed by atoms with Crippen LogP contribution in [0.1, 0.15) is 25.8 Å². The van der Waals surface area contributed by atoms with Gasteiger partial charge >= 0.3 is 12.1 Å². The van der Waals surface area contributed by atoms with Gasteiger partial charge in [-0.2, -0.15) is 13.2 Å². The van der Waals surface area contributed by atoms with Crippen LogP contribution in [-0.4, -0.2) is 52.4 Å². The maximum Gasteiger partial charge on any atom is 0.422 e. The lowest BCUT2D eigenvalue weighted by molar-refractivity contribution is -0.185. The van der Waals surface area contributed by atoms with Crippen molar-refractivity contribution in [2.24, 2.45) is 0 Å². The molecular formula is C20H21BrF4N2O3S. The molecule has 11 heteroatoms. The standard InChI is InChI=1S/C20H21BrF4N2O3S/c1-18(2,22)10-14-16(28)26-15(17(29)30)11-31-9-3-8-19(27-14,20(23,24)25)12-4-6-13(21)7-5-12/h4-7,14-15,27H,9-11H2,1-2H3,(H,26,28)(H,29,30)/t14-,15-,19-/m0/s1. The van der Waals surface area contributed by atoms with Gasteiger partial charge in [-0.1, -0.05) is 39.9 Å².